The van der Waals surface area contributed by atoms with Gasteiger partial charge in [0.1, 0.15) is 11.5 Å². The van der Waals surface area contributed by atoms with Crippen molar-refractivity contribution in [2.24, 2.45) is 0 Å². The minimum Gasteiger partial charge on any atom is -0.354 e. The summed E-state index contributed by atoms with van der Waals surface area (Å²) < 4.78 is 14.0. The third kappa shape index (κ3) is 4.29. The zero-order valence-corrected chi connectivity index (χ0v) is 21.3. The number of hydrogen-bond acceptors (Lipinski definition) is 4. The molecule has 0 aliphatic rings. The molecule has 0 aliphatic carbocycles. The molecule has 0 unspecified atom stereocenters. The second-order valence-electron chi connectivity index (χ2n) is 9.58. The number of halogens is 1. The minimum atomic E-state index is -0.262. The topological polar surface area (TPSA) is 82.3 Å². The Hall–Kier alpha value is -5.56. The molecule has 3 aromatic carbocycles. The lowest BCUT2D eigenvalue weighted by atomic mass is 10.0. The Morgan fingerprint density at radius 1 is 0.775 bits per heavy atom. The highest BCUT2D eigenvalue weighted by molar-refractivity contribution is 6.01. The highest BCUT2D eigenvalue weighted by atomic mass is 19.1. The predicted molar refractivity (Wildman–Crippen MR) is 159 cm³/mol. The van der Waals surface area contributed by atoms with E-state index in [0.29, 0.717) is 0 Å². The fourth-order valence-electron chi connectivity index (χ4n) is 5.00. The third-order valence-electron chi connectivity index (χ3n) is 6.95. The number of pyridine rings is 2. The quantitative estimate of drug-likeness (QED) is 0.206. The fraction of sp³-hybridized carbons (Fsp3) is 0. The summed E-state index contributed by atoms with van der Waals surface area (Å²) in [7, 11) is 0. The van der Waals surface area contributed by atoms with Crippen LogP contribution >= 0.6 is 0 Å². The van der Waals surface area contributed by atoms with Gasteiger partial charge in [-0.3, -0.25) is 15.1 Å². The number of nitrogens with zero attached hydrogens (tertiary/aromatic N) is 3. The molecule has 0 bridgehead atoms. The number of aromatic amines is 2. The molecule has 7 rings (SSSR count). The summed E-state index contributed by atoms with van der Waals surface area (Å²) in [4.78, 5) is 12.6. The number of hydrogen-bond donors (Lipinski definition) is 3. The lowest BCUT2D eigenvalue weighted by molar-refractivity contribution is 0.628. The van der Waals surface area contributed by atoms with Gasteiger partial charge in [-0.05, 0) is 53.1 Å². The smallest absolute Gasteiger partial charge is 0.123 e. The number of H-pyrrole nitrogens is 2. The summed E-state index contributed by atoms with van der Waals surface area (Å²) in [5, 5.41) is 13.0. The first-order valence-corrected chi connectivity index (χ1v) is 12.8. The van der Waals surface area contributed by atoms with Gasteiger partial charge in [0, 0.05) is 33.7 Å². The van der Waals surface area contributed by atoms with Crippen LogP contribution in [0.5, 0.6) is 0 Å². The lowest BCUT2D eigenvalue weighted by Crippen LogP contribution is -1.98. The van der Waals surface area contributed by atoms with Crippen molar-refractivity contribution in [1.29, 1.82) is 0 Å². The van der Waals surface area contributed by atoms with Crippen molar-refractivity contribution >= 4 is 33.2 Å². The Morgan fingerprint density at radius 3 is 2.52 bits per heavy atom. The molecule has 0 atom stereocenters. The van der Waals surface area contributed by atoms with Crippen LogP contribution in [-0.4, -0.2) is 25.1 Å². The molecule has 0 fully saturated rings. The van der Waals surface area contributed by atoms with Crippen molar-refractivity contribution in [3.8, 4) is 33.8 Å². The summed E-state index contributed by atoms with van der Waals surface area (Å²) in [6.07, 6.45) is 5.34. The van der Waals surface area contributed by atoms with Gasteiger partial charge in [0.15, 0.2) is 0 Å². The molecule has 40 heavy (non-hydrogen) atoms. The maximum atomic E-state index is 14.0. The van der Waals surface area contributed by atoms with Gasteiger partial charge in [-0.2, -0.15) is 5.10 Å². The molecule has 3 N–H and O–H groups in total. The average molecular weight is 523 g/mol. The van der Waals surface area contributed by atoms with Crippen LogP contribution in [0.15, 0.2) is 116 Å². The standard InChI is InChI=1S/C33H23FN6/c1-20(21-7-3-2-4-8-21)37-25-14-23(17-35-18-25)30-16-28-32(19-36-30)39-40-33(28)31-15-27-26(11-6-12-29(27)38-31)22-9-5-10-24(34)13-22/h2-19,37-38H,1H2,(H,39,40). The van der Waals surface area contributed by atoms with Crippen molar-refractivity contribution in [3.63, 3.8) is 0 Å². The van der Waals surface area contributed by atoms with Crippen LogP contribution < -0.4 is 5.32 Å². The van der Waals surface area contributed by atoms with Crippen LogP contribution in [0.25, 0.3) is 61.3 Å². The van der Waals surface area contributed by atoms with Gasteiger partial charge in [-0.25, -0.2) is 4.39 Å². The van der Waals surface area contributed by atoms with Crippen LogP contribution in [0.1, 0.15) is 5.56 Å². The van der Waals surface area contributed by atoms with Gasteiger partial charge in [-0.1, -0.05) is 61.2 Å². The van der Waals surface area contributed by atoms with E-state index in [4.69, 9.17) is 0 Å². The lowest BCUT2D eigenvalue weighted by Gasteiger charge is -2.10. The van der Waals surface area contributed by atoms with Gasteiger partial charge in [0.2, 0.25) is 0 Å². The van der Waals surface area contributed by atoms with E-state index in [2.05, 4.69) is 43.1 Å². The highest BCUT2D eigenvalue weighted by Crippen LogP contribution is 2.35. The van der Waals surface area contributed by atoms with Crippen molar-refractivity contribution in [1.82, 2.24) is 25.1 Å². The number of fused-ring (bicyclic) bond motifs is 2. The van der Waals surface area contributed by atoms with Crippen molar-refractivity contribution in [3.05, 3.63) is 128 Å². The predicted octanol–water partition coefficient (Wildman–Crippen LogP) is 8.06. The van der Waals surface area contributed by atoms with Crippen LogP contribution in [0, 0.1) is 5.82 Å². The minimum absolute atomic E-state index is 0.262. The van der Waals surface area contributed by atoms with Gasteiger partial charge >= 0.3 is 0 Å². The van der Waals surface area contributed by atoms with Crippen LogP contribution in [-0.2, 0) is 0 Å². The summed E-state index contributed by atoms with van der Waals surface area (Å²) in [6, 6.07) is 28.7. The zero-order chi connectivity index (χ0) is 27.1. The second kappa shape index (κ2) is 9.63. The van der Waals surface area contributed by atoms with Crippen molar-refractivity contribution in [2.45, 2.75) is 0 Å². The number of aromatic nitrogens is 5. The number of anilines is 1. The third-order valence-corrected chi connectivity index (χ3v) is 6.95. The van der Waals surface area contributed by atoms with Gasteiger partial charge in [-0.15, -0.1) is 0 Å². The molecule has 0 amide bonds. The Balaban J connectivity index is 1.25. The van der Waals surface area contributed by atoms with Crippen molar-refractivity contribution in [2.75, 3.05) is 5.32 Å². The normalized spacial score (nSPS) is 11.2. The van der Waals surface area contributed by atoms with Crippen LogP contribution in [0.4, 0.5) is 10.1 Å². The molecular formula is C33H23FN6. The van der Waals surface area contributed by atoms with Crippen LogP contribution in [0.2, 0.25) is 0 Å². The van der Waals surface area contributed by atoms with E-state index in [1.807, 2.05) is 66.7 Å². The number of nitrogens with one attached hydrogen (secondary N) is 3. The first-order chi connectivity index (χ1) is 19.6. The fourth-order valence-corrected chi connectivity index (χ4v) is 5.00. The zero-order valence-electron chi connectivity index (χ0n) is 21.3. The van der Waals surface area contributed by atoms with E-state index in [1.54, 1.807) is 30.7 Å². The molecule has 7 aromatic rings. The van der Waals surface area contributed by atoms with Gasteiger partial charge < -0.3 is 10.3 Å². The Morgan fingerprint density at radius 2 is 1.65 bits per heavy atom. The molecule has 7 heteroatoms. The van der Waals surface area contributed by atoms with Crippen LogP contribution in [0.3, 0.4) is 0 Å². The second-order valence-corrected chi connectivity index (χ2v) is 9.58. The molecule has 0 saturated heterocycles. The van der Waals surface area contributed by atoms with E-state index < -0.39 is 0 Å². The Kier molecular flexibility index (Phi) is 5.67. The van der Waals surface area contributed by atoms with E-state index in [-0.39, 0.29) is 5.82 Å². The maximum Gasteiger partial charge on any atom is 0.123 e. The summed E-state index contributed by atoms with van der Waals surface area (Å²) in [6.45, 7) is 4.16. The average Bonchev–Trinajstić information content (AvgIpc) is 3.61. The first kappa shape index (κ1) is 23.5. The maximum absolute atomic E-state index is 14.0. The molecular weight excluding hydrogens is 499 g/mol. The molecule has 192 valence electrons. The summed E-state index contributed by atoms with van der Waals surface area (Å²) in [5.41, 5.74) is 9.44. The molecule has 0 saturated carbocycles. The van der Waals surface area contributed by atoms with Gasteiger partial charge in [0.05, 0.1) is 35.0 Å². The number of rotatable bonds is 6. The summed E-state index contributed by atoms with van der Waals surface area (Å²) in [5.74, 6) is -0.262. The van der Waals surface area contributed by atoms with Gasteiger partial charge in [0.25, 0.3) is 0 Å². The number of benzene rings is 3. The molecule has 6 nitrogen and oxygen atoms in total. The SMILES string of the molecule is C=C(Nc1cncc(-c2cc3c(-c4cc5c(-c6cccc(F)c6)cccc5[nH]4)n[nH]c3cn2)c1)c1ccccc1. The highest BCUT2D eigenvalue weighted by Gasteiger charge is 2.15. The molecule has 4 aromatic heterocycles. The molecule has 0 radical (unpaired) electrons. The Bertz CT molecular complexity index is 2020. The van der Waals surface area contributed by atoms with E-state index in [0.717, 1.165) is 72.5 Å². The molecule has 0 aliphatic heterocycles. The van der Waals surface area contributed by atoms with E-state index in [9.17, 15) is 4.39 Å². The van der Waals surface area contributed by atoms with Crippen molar-refractivity contribution < 1.29 is 4.39 Å². The Labute approximate surface area is 229 Å². The van der Waals surface area contributed by atoms with E-state index in [1.165, 1.54) is 6.07 Å². The first-order valence-electron chi connectivity index (χ1n) is 12.8. The molecule has 4 heterocycles. The summed E-state index contributed by atoms with van der Waals surface area (Å²) >= 11 is 0. The monoisotopic (exact) mass is 522 g/mol. The largest absolute Gasteiger partial charge is 0.354 e. The van der Waals surface area contributed by atoms with E-state index >= 15 is 0 Å². The molecule has 0 spiro atoms.